The Hall–Kier alpha value is -0.536. The first-order valence-electron chi connectivity index (χ1n) is 9.25. The van der Waals surface area contributed by atoms with Crippen molar-refractivity contribution in [1.82, 2.24) is 0 Å². The summed E-state index contributed by atoms with van der Waals surface area (Å²) in [6, 6.07) is 1.33. The summed E-state index contributed by atoms with van der Waals surface area (Å²) >= 11 is 0. The Morgan fingerprint density at radius 2 is 1.60 bits per heavy atom. The predicted octanol–water partition coefficient (Wildman–Crippen LogP) is 5.83. The number of carbonyl (C=O) groups excluding carboxylic acids is 1. The van der Waals surface area contributed by atoms with E-state index in [1.807, 2.05) is 0 Å². The van der Waals surface area contributed by atoms with Gasteiger partial charge in [0.15, 0.2) is 0 Å². The number of hydrogen-bond acceptors (Lipinski definition) is 2. The largest absolute Gasteiger partial charge is 0.416 e. The van der Waals surface area contributed by atoms with Crippen molar-refractivity contribution in [1.29, 1.82) is 0 Å². The average Bonchev–Trinajstić information content (AvgIpc) is 2.88. The third-order valence-corrected chi connectivity index (χ3v) is 5.04. The first-order valence-corrected chi connectivity index (χ1v) is 9.25. The molecule has 2 rings (SSSR count). The quantitative estimate of drug-likeness (QED) is 0.247. The zero-order valence-corrected chi connectivity index (χ0v) is 19.0. The van der Waals surface area contributed by atoms with Crippen LogP contribution < -0.4 is 0 Å². The zero-order valence-electron chi connectivity index (χ0n) is 16.2. The Bertz CT molecular complexity index is 671. The van der Waals surface area contributed by atoms with Crippen LogP contribution in [0.4, 0.5) is 30.7 Å². The minimum atomic E-state index is -4.94. The average molecular weight is 516 g/mol. The van der Waals surface area contributed by atoms with Crippen molar-refractivity contribution < 1.29 is 73.0 Å². The maximum atomic E-state index is 14.3. The number of ether oxygens (including phenoxy) is 1. The van der Waals surface area contributed by atoms with Gasteiger partial charge < -0.3 is 11.7 Å². The molecule has 0 aromatic heterocycles. The van der Waals surface area contributed by atoms with Gasteiger partial charge in [-0.15, -0.1) is 0 Å². The fourth-order valence-corrected chi connectivity index (χ4v) is 3.50. The van der Waals surface area contributed by atoms with Crippen LogP contribution in [0.2, 0.25) is 0 Å². The molecule has 1 aromatic rings. The van der Waals surface area contributed by atoms with Crippen LogP contribution in [-0.4, -0.2) is 25.2 Å². The van der Waals surface area contributed by atoms with Gasteiger partial charge >= 0.3 is 12.4 Å². The van der Waals surface area contributed by atoms with Gasteiger partial charge in [-0.25, -0.2) is 4.39 Å². The molecule has 0 saturated heterocycles. The molecule has 1 unspecified atom stereocenters. The van der Waals surface area contributed by atoms with Crippen LogP contribution in [0.15, 0.2) is 18.2 Å². The number of hydrogen-bond donors (Lipinski definition) is 0. The van der Waals surface area contributed by atoms with Crippen LogP contribution in [0, 0.1) is 18.8 Å². The number of Topliss-reactive ketones (excluding diaryl/α,β-unsaturated/α-hetero) is 1. The van der Waals surface area contributed by atoms with Crippen LogP contribution in [0.3, 0.4) is 0 Å². The maximum Gasteiger partial charge on any atom is 0.416 e. The molecule has 167 valence electrons. The van der Waals surface area contributed by atoms with E-state index in [4.69, 9.17) is 4.74 Å². The molecule has 1 aliphatic rings. The summed E-state index contributed by atoms with van der Waals surface area (Å²) < 4.78 is 97.4. The number of benzene rings is 1. The van der Waals surface area contributed by atoms with Gasteiger partial charge in [0.25, 0.3) is 0 Å². The van der Waals surface area contributed by atoms with Gasteiger partial charge in [0, 0.05) is 57.6 Å². The van der Waals surface area contributed by atoms with Gasteiger partial charge in [-0.3, -0.25) is 4.79 Å². The molecule has 0 bridgehead atoms. The number of rotatable bonds is 8. The molecule has 30 heavy (non-hydrogen) atoms. The number of alkyl halides is 7. The SMILES string of the molecule is [CH2-]CCCOC[C@H]1C(=O)CC(F)[C@@H]1CCc1cc(C(F)(F)F)cc(C(F)(F)F)c1.[Y]. The molecule has 1 aromatic carbocycles. The van der Waals surface area contributed by atoms with E-state index >= 15 is 0 Å². The van der Waals surface area contributed by atoms with Crippen molar-refractivity contribution in [2.45, 2.75) is 50.6 Å². The van der Waals surface area contributed by atoms with Gasteiger partial charge in [-0.2, -0.15) is 32.8 Å². The normalized spacial score (nSPS) is 22.3. The second-order valence-corrected chi connectivity index (χ2v) is 7.19. The Labute approximate surface area is 195 Å². The van der Waals surface area contributed by atoms with Crippen LogP contribution in [-0.2, 0) is 61.0 Å². The summed E-state index contributed by atoms with van der Waals surface area (Å²) in [5.74, 6) is -1.88. The van der Waals surface area contributed by atoms with Gasteiger partial charge in [0.1, 0.15) is 12.0 Å². The fourth-order valence-electron chi connectivity index (χ4n) is 3.50. The number of aryl methyl sites for hydroxylation is 1. The van der Waals surface area contributed by atoms with E-state index in [1.165, 1.54) is 0 Å². The number of carbonyl (C=O) groups is 1. The van der Waals surface area contributed by atoms with Crippen LogP contribution in [0.5, 0.6) is 0 Å². The van der Waals surface area contributed by atoms with Crippen molar-refractivity contribution in [3.05, 3.63) is 41.8 Å². The van der Waals surface area contributed by atoms with Gasteiger partial charge in [0.2, 0.25) is 0 Å². The Morgan fingerprint density at radius 1 is 1.03 bits per heavy atom. The molecule has 10 heteroatoms. The predicted molar refractivity (Wildman–Crippen MR) is 91.7 cm³/mol. The zero-order chi connectivity index (χ0) is 21.8. The number of unbranched alkanes of at least 4 members (excludes halogenated alkanes) is 1. The molecule has 0 N–H and O–H groups in total. The monoisotopic (exact) mass is 516 g/mol. The molecule has 2 nitrogen and oxygen atoms in total. The molecule has 0 aliphatic heterocycles. The standard InChI is InChI=1S/C20H22F7O2.Y/c1-2-3-6-29-11-16-15(17(21)10-18(16)28)5-4-12-7-13(19(22,23)24)9-14(8-12)20(25,26)27;/h7-9,15-17H,1-6,10-11H2;/q-1;/t15-,16-,17?;/m1./s1. The molecule has 3 atom stereocenters. The molecule has 0 amide bonds. The van der Waals surface area contributed by atoms with E-state index < -0.39 is 41.5 Å². The first kappa shape index (κ1) is 27.5. The van der Waals surface area contributed by atoms with E-state index in [0.29, 0.717) is 31.6 Å². The molecule has 0 spiro atoms. The molecular weight excluding hydrogens is 494 g/mol. The van der Waals surface area contributed by atoms with Gasteiger partial charge in [-0.1, -0.05) is 6.42 Å². The summed E-state index contributed by atoms with van der Waals surface area (Å²) in [5, 5.41) is 0. The van der Waals surface area contributed by atoms with Crippen molar-refractivity contribution in [3.8, 4) is 0 Å². The van der Waals surface area contributed by atoms with Gasteiger partial charge in [-0.05, 0) is 36.6 Å². The van der Waals surface area contributed by atoms with E-state index in [-0.39, 0.29) is 76.0 Å². The second-order valence-electron chi connectivity index (χ2n) is 7.19. The van der Waals surface area contributed by atoms with Crippen LogP contribution >= 0.6 is 0 Å². The summed E-state index contributed by atoms with van der Waals surface area (Å²) in [6.45, 7) is 3.97. The smallest absolute Gasteiger partial charge is 0.381 e. The van der Waals surface area contributed by atoms with Crippen molar-refractivity contribution in [2.24, 2.45) is 11.8 Å². The first-order chi connectivity index (χ1) is 13.4. The topological polar surface area (TPSA) is 26.3 Å². The Kier molecular flexibility index (Phi) is 10.4. The number of ketones is 1. The van der Waals surface area contributed by atoms with E-state index in [1.54, 1.807) is 0 Å². The molecule has 1 fully saturated rings. The summed E-state index contributed by atoms with van der Waals surface area (Å²) in [4.78, 5) is 12.0. The van der Waals surface area contributed by atoms with Gasteiger partial charge in [0.05, 0.1) is 17.7 Å². The van der Waals surface area contributed by atoms with E-state index in [0.717, 1.165) is 0 Å². The maximum absolute atomic E-state index is 14.3. The summed E-state index contributed by atoms with van der Waals surface area (Å²) in [5.41, 5.74) is -3.01. The molecule has 0 heterocycles. The minimum absolute atomic E-state index is 0. The summed E-state index contributed by atoms with van der Waals surface area (Å²) in [7, 11) is 0. The molecular formula is C20H22F7O2Y-. The van der Waals surface area contributed by atoms with Crippen LogP contribution in [0.1, 0.15) is 42.4 Å². The molecule has 1 saturated carbocycles. The van der Waals surface area contributed by atoms with Crippen molar-refractivity contribution in [3.63, 3.8) is 0 Å². The third kappa shape index (κ3) is 7.55. The van der Waals surface area contributed by atoms with E-state index in [2.05, 4.69) is 6.92 Å². The second kappa shape index (κ2) is 11.4. The molecule has 1 radical (unpaired) electrons. The molecule has 1 aliphatic carbocycles. The van der Waals surface area contributed by atoms with Crippen molar-refractivity contribution >= 4 is 5.78 Å². The minimum Gasteiger partial charge on any atom is -0.381 e. The van der Waals surface area contributed by atoms with Crippen LogP contribution in [0.25, 0.3) is 0 Å². The fraction of sp³-hybridized carbons (Fsp3) is 0.600. The van der Waals surface area contributed by atoms with Crippen molar-refractivity contribution in [2.75, 3.05) is 13.2 Å². The summed E-state index contributed by atoms with van der Waals surface area (Å²) in [6.07, 6.45) is -10.6. The number of halogens is 7. The van der Waals surface area contributed by atoms with E-state index in [9.17, 15) is 35.5 Å². The Morgan fingerprint density at radius 3 is 2.10 bits per heavy atom. The Balaban J connectivity index is 0.00000450. The third-order valence-electron chi connectivity index (χ3n) is 5.04.